The molecule has 0 radical (unpaired) electrons. The van der Waals surface area contributed by atoms with Crippen molar-refractivity contribution in [2.75, 3.05) is 7.05 Å². The fourth-order valence-corrected chi connectivity index (χ4v) is 7.26. The number of nitrogens with one attached hydrogen (secondary N) is 1. The van der Waals surface area contributed by atoms with Gasteiger partial charge in [0.2, 0.25) is 5.91 Å². The summed E-state index contributed by atoms with van der Waals surface area (Å²) in [5.41, 5.74) is 6.31. The Morgan fingerprint density at radius 1 is 0.931 bits per heavy atom. The molecule has 3 saturated carbocycles. The van der Waals surface area contributed by atoms with Gasteiger partial charge >= 0.3 is 0 Å². The van der Waals surface area contributed by atoms with Crippen molar-refractivity contribution in [3.8, 4) is 0 Å². The van der Waals surface area contributed by atoms with Gasteiger partial charge < -0.3 is 11.1 Å². The smallest absolute Gasteiger partial charge is 0.226 e. The van der Waals surface area contributed by atoms with Crippen LogP contribution in [0.15, 0.2) is 30.3 Å². The first kappa shape index (κ1) is 22.3. The lowest BCUT2D eigenvalue weighted by molar-refractivity contribution is -0.140. The Balaban J connectivity index is 0.00000117. The highest BCUT2D eigenvalue weighted by Crippen LogP contribution is 2.60. The van der Waals surface area contributed by atoms with E-state index in [1.807, 2.05) is 0 Å². The van der Waals surface area contributed by atoms with E-state index in [0.29, 0.717) is 17.9 Å². The first-order valence-electron chi connectivity index (χ1n) is 11.7. The molecule has 1 amide bonds. The van der Waals surface area contributed by atoms with Gasteiger partial charge in [-0.25, -0.2) is 0 Å². The zero-order valence-electron chi connectivity index (χ0n) is 19.1. The molecule has 3 fully saturated rings. The standard InChI is InChI=1S/C25H37NO.CH5N/c1-23-14-19(15-24(2,17-23)20-10-6-4-7-11-20)16-25(3,18-23)22(27)26-21-12-8-5-9-13-21;1-2/h4,6-7,10-11,19,21H,5,8-9,12-18H2,1-3H3,(H,26,27);2H2,1H3/t19?,23?,24-,25?;/m0./s1. The Morgan fingerprint density at radius 2 is 1.59 bits per heavy atom. The minimum Gasteiger partial charge on any atom is -0.353 e. The number of benzene rings is 1. The lowest BCUT2D eigenvalue weighted by Crippen LogP contribution is -2.53. The topological polar surface area (TPSA) is 55.1 Å². The van der Waals surface area contributed by atoms with Gasteiger partial charge in [-0.05, 0) is 74.3 Å². The average Bonchev–Trinajstić information content (AvgIpc) is 2.69. The van der Waals surface area contributed by atoms with Crippen molar-refractivity contribution in [3.63, 3.8) is 0 Å². The van der Waals surface area contributed by atoms with Crippen LogP contribution >= 0.6 is 0 Å². The summed E-state index contributed by atoms with van der Waals surface area (Å²) in [6, 6.07) is 11.5. The van der Waals surface area contributed by atoms with Crippen molar-refractivity contribution in [3.05, 3.63) is 35.9 Å². The number of nitrogens with two attached hydrogens (primary N) is 1. The monoisotopic (exact) mass is 398 g/mol. The van der Waals surface area contributed by atoms with E-state index in [2.05, 4.69) is 62.2 Å². The number of amides is 1. The van der Waals surface area contributed by atoms with Crippen LogP contribution in [0.2, 0.25) is 0 Å². The van der Waals surface area contributed by atoms with Gasteiger partial charge in [0.25, 0.3) is 0 Å². The van der Waals surface area contributed by atoms with E-state index < -0.39 is 0 Å². The predicted octanol–water partition coefficient (Wildman–Crippen LogP) is 5.57. The third-order valence-electron chi connectivity index (χ3n) is 7.85. The van der Waals surface area contributed by atoms with Crippen LogP contribution in [0.3, 0.4) is 0 Å². The molecule has 3 heteroatoms. The van der Waals surface area contributed by atoms with Gasteiger partial charge in [0.15, 0.2) is 0 Å². The fourth-order valence-electron chi connectivity index (χ4n) is 7.26. The highest BCUT2D eigenvalue weighted by molar-refractivity contribution is 5.82. The molecule has 162 valence electrons. The van der Waals surface area contributed by atoms with E-state index in [9.17, 15) is 4.79 Å². The summed E-state index contributed by atoms with van der Waals surface area (Å²) in [5, 5.41) is 3.45. The van der Waals surface area contributed by atoms with Gasteiger partial charge in [-0.2, -0.15) is 0 Å². The summed E-state index contributed by atoms with van der Waals surface area (Å²) in [5.74, 6) is 0.999. The maximum absolute atomic E-state index is 13.3. The molecule has 0 spiro atoms. The summed E-state index contributed by atoms with van der Waals surface area (Å²) >= 11 is 0. The minimum absolute atomic E-state index is 0.187. The molecule has 3 aliphatic carbocycles. The maximum Gasteiger partial charge on any atom is 0.226 e. The molecule has 0 saturated heterocycles. The van der Waals surface area contributed by atoms with Gasteiger partial charge in [0.05, 0.1) is 0 Å². The number of hydrogen-bond acceptors (Lipinski definition) is 2. The van der Waals surface area contributed by atoms with Crippen LogP contribution in [0, 0.1) is 16.7 Å². The lowest BCUT2D eigenvalue weighted by atomic mass is 9.48. The van der Waals surface area contributed by atoms with Gasteiger partial charge in [0, 0.05) is 11.5 Å². The summed E-state index contributed by atoms with van der Waals surface area (Å²) < 4.78 is 0. The van der Waals surface area contributed by atoms with Crippen LogP contribution in [0.4, 0.5) is 0 Å². The largest absolute Gasteiger partial charge is 0.353 e. The molecule has 1 aromatic carbocycles. The third-order valence-corrected chi connectivity index (χ3v) is 7.85. The van der Waals surface area contributed by atoms with Crippen LogP contribution in [-0.2, 0) is 10.2 Å². The van der Waals surface area contributed by atoms with Gasteiger partial charge in [-0.3, -0.25) is 4.79 Å². The highest BCUT2D eigenvalue weighted by atomic mass is 16.2. The summed E-state index contributed by atoms with van der Waals surface area (Å²) in [7, 11) is 1.50. The number of carbonyl (C=O) groups excluding carboxylic acids is 1. The van der Waals surface area contributed by atoms with Crippen LogP contribution in [-0.4, -0.2) is 19.0 Å². The Hall–Kier alpha value is -1.35. The lowest BCUT2D eigenvalue weighted by Gasteiger charge is -2.56. The van der Waals surface area contributed by atoms with E-state index >= 15 is 0 Å². The molecular formula is C26H42N2O. The second kappa shape index (κ2) is 8.79. The number of carbonyl (C=O) groups is 1. The summed E-state index contributed by atoms with van der Waals surface area (Å²) in [4.78, 5) is 13.3. The predicted molar refractivity (Wildman–Crippen MR) is 122 cm³/mol. The molecule has 0 heterocycles. The first-order chi connectivity index (χ1) is 13.8. The van der Waals surface area contributed by atoms with Crippen LogP contribution in [0.25, 0.3) is 0 Å². The Morgan fingerprint density at radius 3 is 2.21 bits per heavy atom. The van der Waals surface area contributed by atoms with Crippen molar-refractivity contribution in [1.82, 2.24) is 5.32 Å². The van der Waals surface area contributed by atoms with Crippen LogP contribution in [0.1, 0.15) is 90.5 Å². The molecule has 1 aromatic rings. The maximum atomic E-state index is 13.3. The van der Waals surface area contributed by atoms with Crippen molar-refractivity contribution in [2.24, 2.45) is 22.5 Å². The molecular weight excluding hydrogens is 356 g/mol. The van der Waals surface area contributed by atoms with Crippen LogP contribution < -0.4 is 11.1 Å². The highest BCUT2D eigenvalue weighted by Gasteiger charge is 2.54. The summed E-state index contributed by atoms with van der Waals surface area (Å²) in [6.45, 7) is 7.16. The van der Waals surface area contributed by atoms with Gasteiger partial charge in [0.1, 0.15) is 0 Å². The first-order valence-corrected chi connectivity index (χ1v) is 11.7. The second-order valence-corrected chi connectivity index (χ2v) is 10.9. The van der Waals surface area contributed by atoms with Crippen LogP contribution in [0.5, 0.6) is 0 Å². The molecule has 4 rings (SSSR count). The van der Waals surface area contributed by atoms with E-state index in [-0.39, 0.29) is 16.2 Å². The zero-order chi connectivity index (χ0) is 21.1. The summed E-state index contributed by atoms with van der Waals surface area (Å²) in [6.07, 6.45) is 12.0. The zero-order valence-corrected chi connectivity index (χ0v) is 19.1. The van der Waals surface area contributed by atoms with Gasteiger partial charge in [-0.15, -0.1) is 0 Å². The molecule has 29 heavy (non-hydrogen) atoms. The normalized spacial score (nSPS) is 37.2. The third kappa shape index (κ3) is 4.87. The van der Waals surface area contributed by atoms with E-state index in [0.717, 1.165) is 12.8 Å². The molecule has 0 aromatic heterocycles. The van der Waals surface area contributed by atoms with Crippen molar-refractivity contribution >= 4 is 5.91 Å². The molecule has 3 N–H and O–H groups in total. The Bertz CT molecular complexity index is 683. The van der Waals surface area contributed by atoms with E-state index in [4.69, 9.17) is 0 Å². The Labute approximate surface area is 178 Å². The molecule has 3 nitrogen and oxygen atoms in total. The molecule has 3 unspecified atom stereocenters. The average molecular weight is 399 g/mol. The molecule has 2 bridgehead atoms. The van der Waals surface area contributed by atoms with E-state index in [1.165, 1.54) is 64.0 Å². The molecule has 4 atom stereocenters. The Kier molecular flexibility index (Phi) is 6.77. The quantitative estimate of drug-likeness (QED) is 0.699. The molecule has 3 aliphatic rings. The SMILES string of the molecule is CC12CC(CC(C)(C(=O)NC3CCCCC3)C1)C[C@](C)(c1ccccc1)C2.CN. The van der Waals surface area contributed by atoms with Crippen molar-refractivity contribution < 1.29 is 4.79 Å². The fraction of sp³-hybridized carbons (Fsp3) is 0.731. The number of rotatable bonds is 3. The second-order valence-electron chi connectivity index (χ2n) is 10.9. The van der Waals surface area contributed by atoms with E-state index in [1.54, 1.807) is 0 Å². The van der Waals surface area contributed by atoms with Crippen molar-refractivity contribution in [2.45, 2.75) is 96.4 Å². The molecule has 0 aliphatic heterocycles. The number of hydrogen-bond donors (Lipinski definition) is 2. The number of fused-ring (bicyclic) bond motifs is 2. The van der Waals surface area contributed by atoms with Crippen molar-refractivity contribution in [1.29, 1.82) is 0 Å². The van der Waals surface area contributed by atoms with Gasteiger partial charge in [-0.1, -0.05) is 70.4 Å². The minimum atomic E-state index is -0.187.